The lowest BCUT2D eigenvalue weighted by Crippen LogP contribution is -2.39. The minimum absolute atomic E-state index is 0. The molecule has 5 heteroatoms. The Labute approximate surface area is 197 Å². The summed E-state index contributed by atoms with van der Waals surface area (Å²) >= 11 is 0. The number of para-hydroxylation sites is 3. The lowest BCUT2D eigenvalue weighted by atomic mass is 10.1. The van der Waals surface area contributed by atoms with Gasteiger partial charge in [-0.25, -0.2) is 0 Å². The topological polar surface area (TPSA) is 24.9 Å². The summed E-state index contributed by atoms with van der Waals surface area (Å²) in [4.78, 5) is 5.14. The average molecular weight is 451 g/mol. The van der Waals surface area contributed by atoms with Gasteiger partial charge in [0.25, 0.3) is 0 Å². The first-order chi connectivity index (χ1) is 15.3. The SMILES string of the molecule is COc1cccc(CCN2CCC[C@H]2CN2c3ccccc3COc3ccccc32)c1.Cl. The molecule has 1 atom stereocenters. The molecule has 2 aliphatic rings. The Balaban J connectivity index is 0.00000245. The van der Waals surface area contributed by atoms with E-state index in [1.807, 2.05) is 6.07 Å². The number of ether oxygens (including phenoxy) is 2. The van der Waals surface area contributed by atoms with Crippen LogP contribution in [0.3, 0.4) is 0 Å². The highest BCUT2D eigenvalue weighted by Gasteiger charge is 2.29. The average Bonchev–Trinajstić information content (AvgIpc) is 3.21. The van der Waals surface area contributed by atoms with E-state index < -0.39 is 0 Å². The summed E-state index contributed by atoms with van der Waals surface area (Å²) in [6.07, 6.45) is 3.54. The van der Waals surface area contributed by atoms with Crippen molar-refractivity contribution < 1.29 is 9.47 Å². The van der Waals surface area contributed by atoms with E-state index >= 15 is 0 Å². The van der Waals surface area contributed by atoms with Gasteiger partial charge < -0.3 is 14.4 Å². The molecule has 5 rings (SSSR count). The standard InChI is InChI=1S/C27H30N2O2.ClH/c1-30-24-11-6-8-21(18-24)15-17-28-16-7-10-23(28)19-29-25-12-3-2-9-22(25)20-31-27-14-5-4-13-26(27)29;/h2-6,8-9,11-14,18,23H,7,10,15-17,19-20H2,1H3;1H/t23-;/m0./s1. The normalized spacial score (nSPS) is 17.5. The highest BCUT2D eigenvalue weighted by atomic mass is 35.5. The maximum Gasteiger partial charge on any atom is 0.143 e. The maximum absolute atomic E-state index is 6.16. The largest absolute Gasteiger partial charge is 0.497 e. The van der Waals surface area contributed by atoms with Gasteiger partial charge in [0, 0.05) is 30.4 Å². The van der Waals surface area contributed by atoms with Crippen LogP contribution in [0.5, 0.6) is 11.5 Å². The molecule has 0 aromatic heterocycles. The Kier molecular flexibility index (Phi) is 7.23. The van der Waals surface area contributed by atoms with Crippen LogP contribution < -0.4 is 14.4 Å². The number of hydrogen-bond donors (Lipinski definition) is 0. The van der Waals surface area contributed by atoms with Crippen LogP contribution in [0.25, 0.3) is 0 Å². The fourth-order valence-electron chi connectivity index (χ4n) is 4.89. The molecule has 0 saturated carbocycles. The number of likely N-dealkylation sites (tertiary alicyclic amines) is 1. The second-order valence-corrected chi connectivity index (χ2v) is 8.43. The van der Waals surface area contributed by atoms with Crippen LogP contribution in [0.2, 0.25) is 0 Å². The smallest absolute Gasteiger partial charge is 0.143 e. The van der Waals surface area contributed by atoms with E-state index in [1.54, 1.807) is 7.11 Å². The summed E-state index contributed by atoms with van der Waals surface area (Å²) in [5, 5.41) is 0. The third kappa shape index (κ3) is 4.72. The highest BCUT2D eigenvalue weighted by Crippen LogP contribution is 2.40. The van der Waals surface area contributed by atoms with Gasteiger partial charge in [0.15, 0.2) is 0 Å². The molecule has 3 aromatic rings. The Morgan fingerprint density at radius 2 is 1.78 bits per heavy atom. The minimum atomic E-state index is 0. The zero-order valence-electron chi connectivity index (χ0n) is 18.6. The molecule has 3 aromatic carbocycles. The van der Waals surface area contributed by atoms with Crippen LogP contribution in [-0.4, -0.2) is 37.7 Å². The van der Waals surface area contributed by atoms with Crippen molar-refractivity contribution in [2.24, 2.45) is 0 Å². The van der Waals surface area contributed by atoms with Crippen molar-refractivity contribution in [1.82, 2.24) is 4.90 Å². The summed E-state index contributed by atoms with van der Waals surface area (Å²) in [6, 6.07) is 26.1. The molecule has 2 heterocycles. The fourth-order valence-corrected chi connectivity index (χ4v) is 4.89. The van der Waals surface area contributed by atoms with Crippen LogP contribution in [-0.2, 0) is 13.0 Å². The van der Waals surface area contributed by atoms with Gasteiger partial charge in [-0.15, -0.1) is 12.4 Å². The number of rotatable bonds is 6. The lowest BCUT2D eigenvalue weighted by molar-refractivity contribution is 0.261. The number of halogens is 1. The Hall–Kier alpha value is -2.69. The quantitative estimate of drug-likeness (QED) is 0.470. The fraction of sp³-hybridized carbons (Fsp3) is 0.333. The van der Waals surface area contributed by atoms with Crippen LogP contribution in [0.4, 0.5) is 11.4 Å². The van der Waals surface area contributed by atoms with E-state index in [0.29, 0.717) is 12.6 Å². The molecule has 0 aliphatic carbocycles. The molecule has 1 fully saturated rings. The van der Waals surface area contributed by atoms with E-state index in [2.05, 4.69) is 76.5 Å². The summed E-state index contributed by atoms with van der Waals surface area (Å²) in [5.74, 6) is 1.91. The van der Waals surface area contributed by atoms with Crippen LogP contribution in [0.15, 0.2) is 72.8 Å². The molecule has 0 spiro atoms. The van der Waals surface area contributed by atoms with Crippen molar-refractivity contribution in [1.29, 1.82) is 0 Å². The molecule has 0 bridgehead atoms. The first-order valence-electron chi connectivity index (χ1n) is 11.3. The van der Waals surface area contributed by atoms with Crippen molar-refractivity contribution in [2.45, 2.75) is 31.9 Å². The van der Waals surface area contributed by atoms with E-state index in [0.717, 1.165) is 31.0 Å². The third-order valence-electron chi connectivity index (χ3n) is 6.54. The van der Waals surface area contributed by atoms with Crippen molar-refractivity contribution in [3.63, 3.8) is 0 Å². The summed E-state index contributed by atoms with van der Waals surface area (Å²) in [7, 11) is 1.73. The number of nitrogens with zero attached hydrogens (tertiary/aromatic N) is 2. The Bertz CT molecular complexity index is 994. The third-order valence-corrected chi connectivity index (χ3v) is 6.54. The molecule has 0 amide bonds. The second-order valence-electron chi connectivity index (χ2n) is 8.43. The van der Waals surface area contributed by atoms with Gasteiger partial charge in [0.05, 0.1) is 12.8 Å². The molecule has 0 radical (unpaired) electrons. The number of hydrogen-bond acceptors (Lipinski definition) is 4. The second kappa shape index (κ2) is 10.3. The Morgan fingerprint density at radius 1 is 0.969 bits per heavy atom. The molecule has 0 unspecified atom stereocenters. The predicted octanol–water partition coefficient (Wildman–Crippen LogP) is 5.85. The number of fused-ring (bicyclic) bond motifs is 2. The maximum atomic E-state index is 6.16. The molecule has 1 saturated heterocycles. The number of methoxy groups -OCH3 is 1. The molecule has 168 valence electrons. The first kappa shape index (κ1) is 22.5. The van der Waals surface area contributed by atoms with Gasteiger partial charge in [-0.2, -0.15) is 0 Å². The molecule has 32 heavy (non-hydrogen) atoms. The zero-order valence-corrected chi connectivity index (χ0v) is 19.4. The molecular formula is C27H31ClN2O2. The molecule has 0 N–H and O–H groups in total. The van der Waals surface area contributed by atoms with E-state index in [9.17, 15) is 0 Å². The minimum Gasteiger partial charge on any atom is -0.497 e. The first-order valence-corrected chi connectivity index (χ1v) is 11.3. The predicted molar refractivity (Wildman–Crippen MR) is 133 cm³/mol. The van der Waals surface area contributed by atoms with Gasteiger partial charge in [0.2, 0.25) is 0 Å². The molecular weight excluding hydrogens is 420 g/mol. The van der Waals surface area contributed by atoms with Crippen LogP contribution in [0, 0.1) is 0 Å². The van der Waals surface area contributed by atoms with Crippen molar-refractivity contribution in [2.75, 3.05) is 31.6 Å². The number of benzene rings is 3. The number of anilines is 2. The van der Waals surface area contributed by atoms with Crippen LogP contribution >= 0.6 is 12.4 Å². The van der Waals surface area contributed by atoms with Crippen molar-refractivity contribution in [3.8, 4) is 11.5 Å². The van der Waals surface area contributed by atoms with Gasteiger partial charge in [-0.3, -0.25) is 4.90 Å². The van der Waals surface area contributed by atoms with Gasteiger partial charge >= 0.3 is 0 Å². The van der Waals surface area contributed by atoms with E-state index in [4.69, 9.17) is 9.47 Å². The lowest BCUT2D eigenvalue weighted by Gasteiger charge is -2.32. The summed E-state index contributed by atoms with van der Waals surface area (Å²) < 4.78 is 11.6. The monoisotopic (exact) mass is 450 g/mol. The van der Waals surface area contributed by atoms with E-state index in [-0.39, 0.29) is 12.4 Å². The zero-order chi connectivity index (χ0) is 21.0. The van der Waals surface area contributed by atoms with Crippen molar-refractivity contribution >= 4 is 23.8 Å². The van der Waals surface area contributed by atoms with Crippen molar-refractivity contribution in [3.05, 3.63) is 83.9 Å². The van der Waals surface area contributed by atoms with Gasteiger partial charge in [-0.05, 0) is 61.7 Å². The van der Waals surface area contributed by atoms with Gasteiger partial charge in [-0.1, -0.05) is 42.5 Å². The summed E-state index contributed by atoms with van der Waals surface area (Å²) in [6.45, 7) is 3.84. The van der Waals surface area contributed by atoms with Crippen LogP contribution in [0.1, 0.15) is 24.0 Å². The molecule has 2 aliphatic heterocycles. The van der Waals surface area contributed by atoms with Gasteiger partial charge in [0.1, 0.15) is 18.1 Å². The summed E-state index contributed by atoms with van der Waals surface area (Å²) in [5.41, 5.74) is 5.03. The Morgan fingerprint density at radius 3 is 2.66 bits per heavy atom. The highest BCUT2D eigenvalue weighted by molar-refractivity contribution is 5.85. The van der Waals surface area contributed by atoms with E-state index in [1.165, 1.54) is 41.9 Å². The molecule has 4 nitrogen and oxygen atoms in total.